The van der Waals surface area contributed by atoms with Crippen molar-refractivity contribution in [1.82, 2.24) is 4.57 Å². The summed E-state index contributed by atoms with van der Waals surface area (Å²) in [6, 6.07) is 42.2. The molecule has 0 bridgehead atoms. The first-order valence-electron chi connectivity index (χ1n) is 11.5. The molecule has 152 valence electrons. The number of nitrogens with zero attached hydrogens (tertiary/aromatic N) is 1. The van der Waals surface area contributed by atoms with Gasteiger partial charge in [-0.25, -0.2) is 0 Å². The molecule has 0 N–H and O–H groups in total. The third-order valence-electron chi connectivity index (χ3n) is 7.31. The normalized spacial score (nSPS) is 12.2. The van der Waals surface area contributed by atoms with Gasteiger partial charge in [-0.05, 0) is 51.2 Å². The molecule has 0 amide bonds. The number of hydrogen-bond acceptors (Lipinski definition) is 0. The Hall–Kier alpha value is -4.36. The molecule has 0 saturated heterocycles. The zero-order chi connectivity index (χ0) is 21.5. The second-order valence-corrected chi connectivity index (χ2v) is 8.94. The minimum atomic E-state index is 1.23. The van der Waals surface area contributed by atoms with Crippen LogP contribution in [0.2, 0.25) is 0 Å². The average molecular weight is 418 g/mol. The number of rotatable bonds is 1. The zero-order valence-corrected chi connectivity index (χ0v) is 17.9. The second kappa shape index (κ2) is 6.11. The van der Waals surface area contributed by atoms with E-state index in [1.165, 1.54) is 71.3 Å². The summed E-state index contributed by atoms with van der Waals surface area (Å²) in [7, 11) is 0. The van der Waals surface area contributed by atoms with Crippen LogP contribution in [0.1, 0.15) is 0 Å². The van der Waals surface area contributed by atoms with E-state index in [1.54, 1.807) is 0 Å². The van der Waals surface area contributed by atoms with Crippen molar-refractivity contribution >= 4 is 43.4 Å². The maximum Gasteiger partial charge on any atom is 0.0620 e. The molecule has 0 spiro atoms. The zero-order valence-electron chi connectivity index (χ0n) is 17.9. The van der Waals surface area contributed by atoms with Crippen molar-refractivity contribution < 1.29 is 0 Å². The van der Waals surface area contributed by atoms with Gasteiger partial charge in [0.05, 0.1) is 16.7 Å². The fourth-order valence-corrected chi connectivity index (χ4v) is 5.98. The van der Waals surface area contributed by atoms with Gasteiger partial charge >= 0.3 is 0 Å². The minimum absolute atomic E-state index is 1.23. The van der Waals surface area contributed by atoms with E-state index in [0.29, 0.717) is 0 Å². The highest BCUT2D eigenvalue weighted by Gasteiger charge is 2.25. The molecule has 0 atom stereocenters. The van der Waals surface area contributed by atoms with Crippen LogP contribution in [0.15, 0.2) is 115 Å². The molecule has 0 fully saturated rings. The number of benzene rings is 6. The minimum Gasteiger partial charge on any atom is -0.308 e. The Labute approximate surface area is 191 Å². The van der Waals surface area contributed by atoms with Gasteiger partial charge in [0.1, 0.15) is 0 Å². The van der Waals surface area contributed by atoms with E-state index < -0.39 is 0 Å². The average Bonchev–Trinajstić information content (AvgIpc) is 3.39. The van der Waals surface area contributed by atoms with E-state index in [1.807, 2.05) is 0 Å². The molecule has 0 unspecified atom stereocenters. The van der Waals surface area contributed by atoms with E-state index in [9.17, 15) is 0 Å². The summed E-state index contributed by atoms with van der Waals surface area (Å²) < 4.78 is 2.48. The van der Waals surface area contributed by atoms with Crippen molar-refractivity contribution in [1.29, 1.82) is 0 Å². The predicted molar refractivity (Wildman–Crippen MR) is 140 cm³/mol. The molecule has 7 aromatic rings. The van der Waals surface area contributed by atoms with Crippen LogP contribution >= 0.6 is 0 Å². The monoisotopic (exact) mass is 417 g/mol. The maximum absolute atomic E-state index is 2.48. The van der Waals surface area contributed by atoms with Crippen LogP contribution in [0.5, 0.6) is 0 Å². The Morgan fingerprint density at radius 1 is 0.424 bits per heavy atom. The Morgan fingerprint density at radius 3 is 1.97 bits per heavy atom. The first-order chi connectivity index (χ1) is 16.4. The van der Waals surface area contributed by atoms with Gasteiger partial charge in [-0.3, -0.25) is 0 Å². The molecule has 1 heteroatoms. The smallest absolute Gasteiger partial charge is 0.0620 e. The van der Waals surface area contributed by atoms with E-state index in [2.05, 4.69) is 120 Å². The molecule has 0 aliphatic heterocycles. The lowest BCUT2D eigenvalue weighted by Gasteiger charge is -2.13. The van der Waals surface area contributed by atoms with Gasteiger partial charge in [-0.1, -0.05) is 97.1 Å². The van der Waals surface area contributed by atoms with E-state index in [4.69, 9.17) is 0 Å². The fraction of sp³-hybridized carbons (Fsp3) is 0. The van der Waals surface area contributed by atoms with Crippen molar-refractivity contribution in [2.45, 2.75) is 0 Å². The van der Waals surface area contributed by atoms with Crippen molar-refractivity contribution in [2.75, 3.05) is 0 Å². The second-order valence-electron chi connectivity index (χ2n) is 8.94. The lowest BCUT2D eigenvalue weighted by Crippen LogP contribution is -1.96. The molecule has 1 nitrogen and oxygen atoms in total. The molecular formula is C32H19N. The Kier molecular flexibility index (Phi) is 3.19. The van der Waals surface area contributed by atoms with Gasteiger partial charge < -0.3 is 4.57 Å². The summed E-state index contributed by atoms with van der Waals surface area (Å²) in [5.74, 6) is 0. The third kappa shape index (κ3) is 2.12. The molecule has 1 aliphatic carbocycles. The molecular weight excluding hydrogens is 398 g/mol. The fourth-order valence-electron chi connectivity index (χ4n) is 5.98. The van der Waals surface area contributed by atoms with Crippen LogP contribution in [0, 0.1) is 0 Å². The van der Waals surface area contributed by atoms with Crippen LogP contribution in [0.4, 0.5) is 0 Å². The number of aromatic nitrogens is 1. The molecule has 1 aliphatic rings. The molecule has 1 aromatic heterocycles. The largest absolute Gasteiger partial charge is 0.308 e. The Bertz CT molecular complexity index is 1910. The Morgan fingerprint density at radius 2 is 1.06 bits per heavy atom. The number of para-hydroxylation sites is 1. The first-order valence-corrected chi connectivity index (χ1v) is 11.5. The highest BCUT2D eigenvalue weighted by molar-refractivity contribution is 6.27. The van der Waals surface area contributed by atoms with Gasteiger partial charge in [0.15, 0.2) is 0 Å². The van der Waals surface area contributed by atoms with Gasteiger partial charge in [-0.15, -0.1) is 0 Å². The topological polar surface area (TPSA) is 4.93 Å². The van der Waals surface area contributed by atoms with Gasteiger partial charge in [-0.2, -0.15) is 0 Å². The Balaban J connectivity index is 1.65. The summed E-state index contributed by atoms with van der Waals surface area (Å²) in [5.41, 5.74) is 9.15. The number of fused-ring (bicyclic) bond motifs is 8. The van der Waals surface area contributed by atoms with E-state index >= 15 is 0 Å². The number of hydrogen-bond donors (Lipinski definition) is 0. The summed E-state index contributed by atoms with van der Waals surface area (Å²) in [5, 5.41) is 7.84. The van der Waals surface area contributed by atoms with Crippen molar-refractivity contribution in [3.8, 4) is 27.9 Å². The van der Waals surface area contributed by atoms with Crippen LogP contribution in [0.25, 0.3) is 71.3 Å². The summed E-state index contributed by atoms with van der Waals surface area (Å²) in [6.45, 7) is 0. The van der Waals surface area contributed by atoms with Gasteiger partial charge in [0.25, 0.3) is 0 Å². The van der Waals surface area contributed by atoms with Crippen LogP contribution in [-0.2, 0) is 0 Å². The molecule has 6 aromatic carbocycles. The first kappa shape index (κ1) is 17.2. The van der Waals surface area contributed by atoms with E-state index in [-0.39, 0.29) is 0 Å². The molecule has 1 heterocycles. The third-order valence-corrected chi connectivity index (χ3v) is 7.31. The van der Waals surface area contributed by atoms with Crippen LogP contribution in [0.3, 0.4) is 0 Å². The van der Waals surface area contributed by atoms with Gasteiger partial charge in [0, 0.05) is 21.5 Å². The van der Waals surface area contributed by atoms with E-state index in [0.717, 1.165) is 0 Å². The quantitative estimate of drug-likeness (QED) is 0.252. The van der Waals surface area contributed by atoms with Crippen molar-refractivity contribution in [3.05, 3.63) is 115 Å². The SMILES string of the molecule is c1ccc2c(c1)-c1cccc3c1c-2cc1c2ccccc2n(-c2cccc4ccccc24)c31. The molecule has 0 saturated carbocycles. The van der Waals surface area contributed by atoms with Crippen molar-refractivity contribution in [3.63, 3.8) is 0 Å². The molecule has 33 heavy (non-hydrogen) atoms. The molecule has 0 radical (unpaired) electrons. The summed E-state index contributed by atoms with van der Waals surface area (Å²) in [6.07, 6.45) is 0. The highest BCUT2D eigenvalue weighted by Crippen LogP contribution is 2.51. The standard InChI is InChI=1S/C32H19N/c1-2-11-21-20(9-1)10-7-18-29(21)33-30-17-6-5-14-24(30)28-19-27-23-13-4-3-12-22(23)25-15-8-16-26(31(25)27)32(28)33/h1-19H. The molecule has 8 rings (SSSR count). The highest BCUT2D eigenvalue weighted by atomic mass is 15.0. The predicted octanol–water partition coefficient (Wildman–Crippen LogP) is 8.74. The maximum atomic E-state index is 2.48. The van der Waals surface area contributed by atoms with Gasteiger partial charge in [0.2, 0.25) is 0 Å². The van der Waals surface area contributed by atoms with Crippen molar-refractivity contribution in [2.24, 2.45) is 0 Å². The van der Waals surface area contributed by atoms with Crippen LogP contribution in [-0.4, -0.2) is 4.57 Å². The lowest BCUT2D eigenvalue weighted by molar-refractivity contribution is 1.20. The van der Waals surface area contributed by atoms with Crippen LogP contribution < -0.4 is 0 Å². The lowest BCUT2D eigenvalue weighted by atomic mass is 9.99. The summed E-state index contributed by atoms with van der Waals surface area (Å²) in [4.78, 5) is 0. The summed E-state index contributed by atoms with van der Waals surface area (Å²) >= 11 is 0.